The van der Waals surface area contributed by atoms with Gasteiger partial charge in [0.05, 0.1) is 13.2 Å². The number of hydrogen-bond acceptors (Lipinski definition) is 8. The van der Waals surface area contributed by atoms with E-state index in [4.69, 9.17) is 9.84 Å². The van der Waals surface area contributed by atoms with Crippen LogP contribution >= 0.6 is 7.82 Å². The molecule has 0 aliphatic heterocycles. The molecule has 39 heavy (non-hydrogen) atoms. The van der Waals surface area contributed by atoms with Crippen molar-refractivity contribution >= 4 is 25.7 Å². The lowest BCUT2D eigenvalue weighted by atomic mass is 10.1. The normalized spacial score (nSPS) is 14.6. The van der Waals surface area contributed by atoms with Crippen molar-refractivity contribution in [3.63, 3.8) is 0 Å². The number of aliphatic hydroxyl groups is 1. The summed E-state index contributed by atoms with van der Waals surface area (Å²) in [6.07, 6.45) is 18.4. The van der Waals surface area contributed by atoms with Gasteiger partial charge < -0.3 is 25.2 Å². The Hall–Kier alpha value is -1.78. The lowest BCUT2D eigenvalue weighted by Gasteiger charge is -2.18. The summed E-state index contributed by atoms with van der Waals surface area (Å²) in [6, 6.07) is -1.54. The second-order valence-corrected chi connectivity index (χ2v) is 11.0. The number of unbranched alkanes of at least 4 members (excludes halogenated alkanes) is 11. The average Bonchev–Trinajstić information content (AvgIpc) is 2.90. The molecule has 0 saturated heterocycles. The van der Waals surface area contributed by atoms with Gasteiger partial charge in [-0.25, -0.2) is 9.36 Å². The van der Waals surface area contributed by atoms with Gasteiger partial charge >= 0.3 is 19.8 Å². The Labute approximate surface area is 233 Å². The minimum atomic E-state index is -4.70. The highest BCUT2D eigenvalue weighted by Gasteiger charge is 2.28. The van der Waals surface area contributed by atoms with Crippen molar-refractivity contribution in [1.82, 2.24) is 5.32 Å². The van der Waals surface area contributed by atoms with Crippen LogP contribution < -0.4 is 5.32 Å². The molecule has 11 nitrogen and oxygen atoms in total. The van der Waals surface area contributed by atoms with E-state index in [0.717, 1.165) is 38.5 Å². The van der Waals surface area contributed by atoms with E-state index in [2.05, 4.69) is 33.4 Å². The maximum absolute atomic E-state index is 11.9. The molecule has 1 amide bonds. The van der Waals surface area contributed by atoms with E-state index in [0.29, 0.717) is 6.42 Å². The van der Waals surface area contributed by atoms with Crippen molar-refractivity contribution in [3.8, 4) is 0 Å². The summed E-state index contributed by atoms with van der Waals surface area (Å²) in [5.41, 5.74) is 0. The van der Waals surface area contributed by atoms with Gasteiger partial charge in [-0.3, -0.25) is 18.6 Å². The Morgan fingerprint density at radius 3 is 1.92 bits per heavy atom. The second kappa shape index (κ2) is 24.1. The Bertz CT molecular complexity index is 746. The van der Waals surface area contributed by atoms with Crippen LogP contribution in [0.25, 0.3) is 0 Å². The molecule has 0 heterocycles. The first-order valence-corrected chi connectivity index (χ1v) is 15.7. The topological polar surface area (TPSA) is 169 Å². The Kier molecular flexibility index (Phi) is 23.0. The number of esters is 1. The summed E-state index contributed by atoms with van der Waals surface area (Å²) in [4.78, 5) is 43.9. The minimum Gasteiger partial charge on any atom is -0.480 e. The van der Waals surface area contributed by atoms with Gasteiger partial charge in [0.15, 0.2) is 6.04 Å². The van der Waals surface area contributed by atoms with Crippen LogP contribution in [0.5, 0.6) is 0 Å². The van der Waals surface area contributed by atoms with E-state index in [1.54, 1.807) is 0 Å². The number of ether oxygens (including phenoxy) is 1. The molecular weight excluding hydrogens is 529 g/mol. The molecule has 3 unspecified atom stereocenters. The third kappa shape index (κ3) is 23.8. The third-order valence-electron chi connectivity index (χ3n) is 5.87. The molecule has 0 aliphatic carbocycles. The van der Waals surface area contributed by atoms with E-state index in [1.165, 1.54) is 45.4 Å². The van der Waals surface area contributed by atoms with Gasteiger partial charge in [0.25, 0.3) is 0 Å². The maximum atomic E-state index is 11.9. The monoisotopic (exact) mass is 579 g/mol. The Morgan fingerprint density at radius 2 is 1.36 bits per heavy atom. The molecule has 0 rings (SSSR count). The number of hydrogen-bond donors (Lipinski definition) is 4. The summed E-state index contributed by atoms with van der Waals surface area (Å²) in [6.45, 7) is 1.84. The minimum absolute atomic E-state index is 0.0270. The smallest absolute Gasteiger partial charge is 0.472 e. The molecule has 0 aromatic heterocycles. The van der Waals surface area contributed by atoms with Crippen LogP contribution in [0.2, 0.25) is 0 Å². The standard InChI is InChI=1S/C27H50NO10P/c1-3-5-6-7-8-9-10-11-12-13-14-15-16-17-18-19-26(31)36-20-23(29)21-37-39(34,35)38-22-24(27(32)33)28-25(30)4-2/h11-12,23-24,29H,3-10,13-22H2,1-2H3,(H,28,30)(H,32,33)(H,34,35)/b12-11-. The van der Waals surface area contributed by atoms with Gasteiger partial charge in [-0.05, 0) is 32.1 Å². The van der Waals surface area contributed by atoms with E-state index in [-0.39, 0.29) is 12.8 Å². The number of carboxylic acid groups (broad SMARTS) is 1. The van der Waals surface area contributed by atoms with Gasteiger partial charge in [-0.2, -0.15) is 0 Å². The fourth-order valence-electron chi connectivity index (χ4n) is 3.51. The highest BCUT2D eigenvalue weighted by atomic mass is 31.2. The lowest BCUT2D eigenvalue weighted by molar-refractivity contribution is -0.147. The molecule has 12 heteroatoms. The predicted molar refractivity (Wildman–Crippen MR) is 148 cm³/mol. The van der Waals surface area contributed by atoms with Crippen molar-refractivity contribution in [2.24, 2.45) is 0 Å². The average molecular weight is 580 g/mol. The first-order chi connectivity index (χ1) is 18.6. The quantitative estimate of drug-likeness (QED) is 0.0471. The van der Waals surface area contributed by atoms with Crippen molar-refractivity contribution < 1.29 is 47.8 Å². The molecule has 0 aromatic rings. The van der Waals surface area contributed by atoms with Crippen molar-refractivity contribution in [2.75, 3.05) is 19.8 Å². The number of nitrogens with one attached hydrogen (secondary N) is 1. The highest BCUT2D eigenvalue weighted by molar-refractivity contribution is 7.47. The number of phosphoric acid groups is 1. The van der Waals surface area contributed by atoms with E-state index >= 15 is 0 Å². The number of aliphatic hydroxyl groups excluding tert-OH is 1. The van der Waals surface area contributed by atoms with E-state index < -0.39 is 57.6 Å². The van der Waals surface area contributed by atoms with Crippen LogP contribution in [0.3, 0.4) is 0 Å². The number of carbonyl (C=O) groups is 3. The van der Waals surface area contributed by atoms with E-state index in [9.17, 15) is 28.9 Å². The molecule has 0 radical (unpaired) electrons. The summed E-state index contributed by atoms with van der Waals surface area (Å²) in [5.74, 6) is -2.50. The Morgan fingerprint density at radius 1 is 0.821 bits per heavy atom. The van der Waals surface area contributed by atoms with Crippen LogP contribution in [0.4, 0.5) is 0 Å². The van der Waals surface area contributed by atoms with Crippen molar-refractivity contribution in [2.45, 2.75) is 122 Å². The van der Waals surface area contributed by atoms with Crippen LogP contribution in [-0.2, 0) is 32.7 Å². The molecule has 0 aromatic carbocycles. The highest BCUT2D eigenvalue weighted by Crippen LogP contribution is 2.43. The summed E-state index contributed by atoms with van der Waals surface area (Å²) < 4.78 is 26.0. The zero-order chi connectivity index (χ0) is 29.4. The summed E-state index contributed by atoms with van der Waals surface area (Å²) in [5, 5.41) is 21.0. The van der Waals surface area contributed by atoms with Crippen LogP contribution in [0.1, 0.15) is 110 Å². The molecule has 0 saturated carbocycles. The first kappa shape index (κ1) is 37.2. The SMILES string of the molecule is CCCCCCCC/C=C\CCCCCCCC(=O)OCC(O)COP(=O)(O)OCC(NC(=O)CC)C(=O)O. The second-order valence-electron chi connectivity index (χ2n) is 9.54. The molecule has 3 atom stereocenters. The molecule has 228 valence electrons. The molecule has 0 spiro atoms. The maximum Gasteiger partial charge on any atom is 0.472 e. The van der Waals surface area contributed by atoms with Crippen LogP contribution in [-0.4, -0.2) is 64.9 Å². The number of carbonyl (C=O) groups excluding carboxylic acids is 2. The zero-order valence-electron chi connectivity index (χ0n) is 23.7. The van der Waals surface area contributed by atoms with Crippen molar-refractivity contribution in [3.05, 3.63) is 12.2 Å². The lowest BCUT2D eigenvalue weighted by Crippen LogP contribution is -2.43. The van der Waals surface area contributed by atoms with Crippen LogP contribution in [0, 0.1) is 0 Å². The Balaban J connectivity index is 3.81. The number of amides is 1. The van der Waals surface area contributed by atoms with Gasteiger partial charge in [-0.1, -0.05) is 77.4 Å². The number of rotatable bonds is 26. The largest absolute Gasteiger partial charge is 0.480 e. The van der Waals surface area contributed by atoms with Crippen molar-refractivity contribution in [1.29, 1.82) is 0 Å². The number of phosphoric ester groups is 1. The summed E-state index contributed by atoms with van der Waals surface area (Å²) >= 11 is 0. The molecular formula is C27H50NO10P. The molecule has 4 N–H and O–H groups in total. The third-order valence-corrected chi connectivity index (χ3v) is 6.82. The fraction of sp³-hybridized carbons (Fsp3) is 0.815. The number of allylic oxidation sites excluding steroid dienone is 2. The first-order valence-electron chi connectivity index (χ1n) is 14.2. The number of carboxylic acids is 1. The van der Waals surface area contributed by atoms with Gasteiger partial charge in [-0.15, -0.1) is 0 Å². The van der Waals surface area contributed by atoms with Gasteiger partial charge in [0.2, 0.25) is 5.91 Å². The van der Waals surface area contributed by atoms with Crippen LogP contribution in [0.15, 0.2) is 12.2 Å². The van der Waals surface area contributed by atoms with Gasteiger partial charge in [0.1, 0.15) is 12.7 Å². The van der Waals surface area contributed by atoms with E-state index in [1.807, 2.05) is 0 Å². The summed E-state index contributed by atoms with van der Waals surface area (Å²) in [7, 11) is -4.70. The van der Waals surface area contributed by atoms with Gasteiger partial charge in [0, 0.05) is 12.8 Å². The molecule has 0 fully saturated rings. The predicted octanol–water partition coefficient (Wildman–Crippen LogP) is 5.04. The molecule has 0 bridgehead atoms. The molecule has 0 aliphatic rings. The zero-order valence-corrected chi connectivity index (χ0v) is 24.6. The fourth-order valence-corrected chi connectivity index (χ4v) is 4.28. The number of aliphatic carboxylic acids is 1.